The number of aromatic nitrogens is 1. The Bertz CT molecular complexity index is 1070. The molecule has 35 heavy (non-hydrogen) atoms. The minimum absolute atomic E-state index is 0.0621. The Hall–Kier alpha value is -3.00. The number of benzene rings is 1. The fourth-order valence-corrected chi connectivity index (χ4v) is 4.57. The van der Waals surface area contributed by atoms with Crippen LogP contribution < -0.4 is 5.32 Å². The van der Waals surface area contributed by atoms with Gasteiger partial charge in [-0.1, -0.05) is 39.0 Å². The monoisotopic (exact) mass is 483 g/mol. The van der Waals surface area contributed by atoms with Gasteiger partial charge in [0.25, 0.3) is 5.91 Å². The van der Waals surface area contributed by atoms with Crippen molar-refractivity contribution >= 4 is 28.7 Å². The summed E-state index contributed by atoms with van der Waals surface area (Å²) in [6.45, 7) is 13.1. The third-order valence-electron chi connectivity index (χ3n) is 6.72. The number of esters is 1. The number of pyridine rings is 1. The van der Waals surface area contributed by atoms with E-state index in [9.17, 15) is 14.4 Å². The van der Waals surface area contributed by atoms with Crippen LogP contribution in [0.25, 0.3) is 10.9 Å². The van der Waals surface area contributed by atoms with Crippen LogP contribution >= 0.6 is 0 Å². The second-order valence-corrected chi connectivity index (χ2v) is 10.6. The zero-order chi connectivity index (χ0) is 25.9. The van der Waals surface area contributed by atoms with Crippen molar-refractivity contribution in [2.75, 3.05) is 13.2 Å². The molecule has 1 aliphatic rings. The summed E-state index contributed by atoms with van der Waals surface area (Å²) >= 11 is 0. The number of carbonyl (C=O) groups is 3. The van der Waals surface area contributed by atoms with Crippen LogP contribution in [0, 0.1) is 17.8 Å². The molecule has 0 spiro atoms. The van der Waals surface area contributed by atoms with Crippen LogP contribution in [0.15, 0.2) is 36.5 Å². The van der Waals surface area contributed by atoms with Crippen molar-refractivity contribution in [2.24, 2.45) is 17.8 Å². The van der Waals surface area contributed by atoms with Gasteiger partial charge in [-0.05, 0) is 44.7 Å². The minimum Gasteiger partial charge on any atom is -0.463 e. The highest BCUT2D eigenvalue weighted by Gasteiger charge is 2.44. The largest absolute Gasteiger partial charge is 0.463 e. The third-order valence-corrected chi connectivity index (χ3v) is 6.72. The summed E-state index contributed by atoms with van der Waals surface area (Å²) < 4.78 is 11.7. The molecule has 0 saturated carbocycles. The van der Waals surface area contributed by atoms with Gasteiger partial charge < -0.3 is 19.7 Å². The lowest BCUT2D eigenvalue weighted by atomic mass is 9.78. The Labute approximate surface area is 207 Å². The molecule has 1 aromatic carbocycles. The number of para-hydroxylation sites is 1. The van der Waals surface area contributed by atoms with Gasteiger partial charge in [-0.2, -0.15) is 0 Å². The van der Waals surface area contributed by atoms with Crippen molar-refractivity contribution in [2.45, 2.75) is 66.3 Å². The van der Waals surface area contributed by atoms with Crippen LogP contribution in [0.1, 0.15) is 58.8 Å². The first-order valence-electron chi connectivity index (χ1n) is 12.1. The number of nitrogens with one attached hydrogen (secondary N) is 1. The molecule has 5 atom stereocenters. The molecular weight excluding hydrogens is 446 g/mol. The van der Waals surface area contributed by atoms with Gasteiger partial charge in [0.2, 0.25) is 5.91 Å². The molecule has 8 nitrogen and oxygen atoms in total. The Balaban J connectivity index is 2.00. The lowest BCUT2D eigenvalue weighted by Crippen LogP contribution is -2.58. The zero-order valence-corrected chi connectivity index (χ0v) is 21.7. The van der Waals surface area contributed by atoms with Gasteiger partial charge in [0.1, 0.15) is 19.4 Å². The normalized spacial score (nSPS) is 24.6. The second-order valence-electron chi connectivity index (χ2n) is 10.6. The number of fused-ring (bicyclic) bond motifs is 1. The third kappa shape index (κ3) is 6.36. The smallest absolute Gasteiger partial charge is 0.302 e. The maximum atomic E-state index is 14.0. The first kappa shape index (κ1) is 26.6. The fourth-order valence-electron chi connectivity index (χ4n) is 4.57. The molecule has 2 amide bonds. The van der Waals surface area contributed by atoms with Crippen molar-refractivity contribution in [1.29, 1.82) is 0 Å². The average molecular weight is 484 g/mol. The molecule has 0 bridgehead atoms. The average Bonchev–Trinajstić information content (AvgIpc) is 2.79. The molecule has 190 valence electrons. The maximum absolute atomic E-state index is 14.0. The molecule has 3 rings (SSSR count). The number of amides is 2. The van der Waals surface area contributed by atoms with E-state index < -0.39 is 17.9 Å². The first-order chi connectivity index (χ1) is 16.4. The highest BCUT2D eigenvalue weighted by Crippen LogP contribution is 2.37. The molecule has 2 unspecified atom stereocenters. The summed E-state index contributed by atoms with van der Waals surface area (Å²) in [6, 6.07) is 9.15. The van der Waals surface area contributed by atoms with Gasteiger partial charge in [0, 0.05) is 30.0 Å². The summed E-state index contributed by atoms with van der Waals surface area (Å²) in [5.74, 6) is -0.808. The molecule has 1 fully saturated rings. The van der Waals surface area contributed by atoms with Gasteiger partial charge in [-0.15, -0.1) is 0 Å². The number of rotatable bonds is 6. The van der Waals surface area contributed by atoms with Crippen LogP contribution in [0.4, 0.5) is 0 Å². The van der Waals surface area contributed by atoms with Gasteiger partial charge in [-0.3, -0.25) is 19.4 Å². The predicted octanol–water partition coefficient (Wildman–Crippen LogP) is 3.79. The highest BCUT2D eigenvalue weighted by molar-refractivity contribution is 6.06. The quantitative estimate of drug-likeness (QED) is 0.628. The predicted molar refractivity (Wildman–Crippen MR) is 133 cm³/mol. The van der Waals surface area contributed by atoms with E-state index in [1.54, 1.807) is 12.3 Å². The van der Waals surface area contributed by atoms with Crippen molar-refractivity contribution in [1.82, 2.24) is 15.2 Å². The standard InChI is InChI=1S/C27H37N3O5/c1-16-17(2)22(15-34-19(4)31)35-26(18(16)3)30(14-23(32)29-27(5,6)7)25(33)21-12-8-10-20-11-9-13-28-24(20)21/h8-13,16-18,22,26H,14-15H2,1-7H3,(H,29,32)/t16-,17+,18?,22?,26+/m0/s1. The number of hydrogen-bond acceptors (Lipinski definition) is 6. The summed E-state index contributed by atoms with van der Waals surface area (Å²) in [4.78, 5) is 44.4. The number of ether oxygens (including phenoxy) is 2. The molecule has 8 heteroatoms. The molecule has 1 aliphatic heterocycles. The second kappa shape index (κ2) is 10.7. The Morgan fingerprint density at radius 2 is 1.74 bits per heavy atom. The van der Waals surface area contributed by atoms with Gasteiger partial charge in [-0.25, -0.2) is 0 Å². The first-order valence-corrected chi connectivity index (χ1v) is 12.1. The van der Waals surface area contributed by atoms with Crippen LogP contribution in [0.3, 0.4) is 0 Å². The number of carbonyl (C=O) groups excluding carboxylic acids is 3. The van der Waals surface area contributed by atoms with E-state index in [0.29, 0.717) is 11.1 Å². The van der Waals surface area contributed by atoms with Crippen LogP contribution in [0.2, 0.25) is 0 Å². The van der Waals surface area contributed by atoms with Gasteiger partial charge in [0.15, 0.2) is 0 Å². The van der Waals surface area contributed by atoms with E-state index >= 15 is 0 Å². The van der Waals surface area contributed by atoms with Crippen LogP contribution in [0.5, 0.6) is 0 Å². The lowest BCUT2D eigenvalue weighted by molar-refractivity contribution is -0.199. The summed E-state index contributed by atoms with van der Waals surface area (Å²) in [5.41, 5.74) is 0.527. The van der Waals surface area contributed by atoms with Crippen molar-refractivity contribution in [3.63, 3.8) is 0 Å². The Morgan fingerprint density at radius 1 is 1.06 bits per heavy atom. The number of hydrogen-bond donors (Lipinski definition) is 1. The number of nitrogens with zero attached hydrogens (tertiary/aromatic N) is 2. The summed E-state index contributed by atoms with van der Waals surface area (Å²) in [6.07, 6.45) is 0.564. The lowest BCUT2D eigenvalue weighted by Gasteiger charge is -2.47. The molecule has 2 aromatic rings. The van der Waals surface area contributed by atoms with Crippen molar-refractivity contribution in [3.05, 3.63) is 42.1 Å². The molecule has 1 N–H and O–H groups in total. The maximum Gasteiger partial charge on any atom is 0.302 e. The molecule has 1 aromatic heterocycles. The summed E-state index contributed by atoms with van der Waals surface area (Å²) in [7, 11) is 0. The van der Waals surface area contributed by atoms with Crippen LogP contribution in [-0.4, -0.2) is 58.7 Å². The van der Waals surface area contributed by atoms with Crippen molar-refractivity contribution in [3.8, 4) is 0 Å². The van der Waals surface area contributed by atoms with E-state index in [1.165, 1.54) is 11.8 Å². The topological polar surface area (TPSA) is 97.8 Å². The van der Waals surface area contributed by atoms with Gasteiger partial charge >= 0.3 is 5.97 Å². The Kier molecular flexibility index (Phi) is 8.15. The molecule has 1 saturated heterocycles. The van der Waals surface area contributed by atoms with E-state index in [4.69, 9.17) is 9.47 Å². The summed E-state index contributed by atoms with van der Waals surface area (Å²) in [5, 5.41) is 3.78. The highest BCUT2D eigenvalue weighted by atomic mass is 16.6. The Morgan fingerprint density at radius 3 is 2.40 bits per heavy atom. The van der Waals surface area contributed by atoms with Gasteiger partial charge in [0.05, 0.1) is 17.2 Å². The zero-order valence-electron chi connectivity index (χ0n) is 21.7. The molecular formula is C27H37N3O5. The minimum atomic E-state index is -0.682. The SMILES string of the molecule is CC(=O)OCC1O[C@@H](N(CC(=O)NC(C)(C)C)C(=O)c2cccc3cccnc23)C(C)[C@@H](C)[C@H]1C. The fraction of sp³-hybridized carbons (Fsp3) is 0.556. The van der Waals surface area contributed by atoms with E-state index in [1.807, 2.05) is 52.0 Å². The molecule has 0 radical (unpaired) electrons. The van der Waals surface area contributed by atoms with E-state index in [2.05, 4.69) is 24.1 Å². The van der Waals surface area contributed by atoms with E-state index in [0.717, 1.165) is 5.39 Å². The van der Waals surface area contributed by atoms with Crippen LogP contribution in [-0.2, 0) is 19.1 Å². The molecule has 2 heterocycles. The van der Waals surface area contributed by atoms with Crippen molar-refractivity contribution < 1.29 is 23.9 Å². The van der Waals surface area contributed by atoms with E-state index in [-0.39, 0.29) is 48.7 Å². The molecule has 0 aliphatic carbocycles.